The van der Waals surface area contributed by atoms with Gasteiger partial charge >= 0.3 is 0 Å². The molecule has 2 atom stereocenters. The molecule has 13 heavy (non-hydrogen) atoms. The van der Waals surface area contributed by atoms with E-state index in [1.54, 1.807) is 0 Å². The Morgan fingerprint density at radius 1 is 1.54 bits per heavy atom. The largest absolute Gasteiger partial charge is 0.367 e. The van der Waals surface area contributed by atoms with E-state index < -0.39 is 0 Å². The number of anilines is 1. The molecule has 2 aliphatic rings. The number of aryl methyl sites for hydroxylation is 1. The van der Waals surface area contributed by atoms with Crippen molar-refractivity contribution in [2.75, 3.05) is 5.32 Å². The van der Waals surface area contributed by atoms with Crippen LogP contribution < -0.4 is 5.32 Å². The van der Waals surface area contributed by atoms with Crippen LogP contribution in [-0.4, -0.2) is 15.8 Å². The molecule has 3 heteroatoms. The number of hydrogen-bond donors (Lipinski definition) is 1. The lowest BCUT2D eigenvalue weighted by Crippen LogP contribution is -2.31. The molecule has 3 nitrogen and oxygen atoms in total. The third-order valence-electron chi connectivity index (χ3n) is 3.48. The average Bonchev–Trinajstić information content (AvgIpc) is 2.70. The molecular weight excluding hydrogens is 162 g/mol. The first-order valence-corrected chi connectivity index (χ1v) is 5.12. The molecule has 0 bridgehead atoms. The Morgan fingerprint density at radius 3 is 3.38 bits per heavy atom. The van der Waals surface area contributed by atoms with Crippen LogP contribution in [0.25, 0.3) is 0 Å². The molecule has 70 valence electrons. The SMILES string of the molecule is Cn1ncc2c1NC1CCCC1C2. The van der Waals surface area contributed by atoms with Gasteiger partial charge in [-0.1, -0.05) is 6.42 Å². The summed E-state index contributed by atoms with van der Waals surface area (Å²) < 4.78 is 1.96. The molecule has 1 fully saturated rings. The number of rotatable bonds is 0. The molecule has 1 aromatic heterocycles. The Hall–Kier alpha value is -0.990. The van der Waals surface area contributed by atoms with E-state index in [4.69, 9.17) is 0 Å². The molecule has 1 saturated carbocycles. The first-order valence-electron chi connectivity index (χ1n) is 5.12. The van der Waals surface area contributed by atoms with Gasteiger partial charge in [-0.25, -0.2) is 0 Å². The Kier molecular flexibility index (Phi) is 1.43. The van der Waals surface area contributed by atoms with Crippen LogP contribution >= 0.6 is 0 Å². The van der Waals surface area contributed by atoms with Gasteiger partial charge in [0.15, 0.2) is 0 Å². The zero-order valence-electron chi connectivity index (χ0n) is 7.95. The number of nitrogens with zero attached hydrogens (tertiary/aromatic N) is 2. The van der Waals surface area contributed by atoms with Crippen LogP contribution in [0.5, 0.6) is 0 Å². The Balaban J connectivity index is 1.98. The monoisotopic (exact) mass is 177 g/mol. The average molecular weight is 177 g/mol. The predicted octanol–water partition coefficient (Wildman–Crippen LogP) is 1.56. The summed E-state index contributed by atoms with van der Waals surface area (Å²) in [6.07, 6.45) is 7.38. The molecule has 0 radical (unpaired) electrons. The molecule has 2 unspecified atom stereocenters. The van der Waals surface area contributed by atoms with Gasteiger partial charge in [0, 0.05) is 18.7 Å². The number of aromatic nitrogens is 2. The lowest BCUT2D eigenvalue weighted by Gasteiger charge is -2.27. The number of nitrogens with one attached hydrogen (secondary N) is 1. The molecule has 0 amide bonds. The fraction of sp³-hybridized carbons (Fsp3) is 0.700. The second-order valence-electron chi connectivity index (χ2n) is 4.29. The normalized spacial score (nSPS) is 30.8. The summed E-state index contributed by atoms with van der Waals surface area (Å²) in [6.45, 7) is 0. The van der Waals surface area contributed by atoms with Gasteiger partial charge in [-0.3, -0.25) is 4.68 Å². The third kappa shape index (κ3) is 0.992. The fourth-order valence-corrected chi connectivity index (χ4v) is 2.75. The van der Waals surface area contributed by atoms with Crippen molar-refractivity contribution >= 4 is 5.82 Å². The van der Waals surface area contributed by atoms with Crippen LogP contribution in [0.1, 0.15) is 24.8 Å². The van der Waals surface area contributed by atoms with E-state index in [9.17, 15) is 0 Å². The van der Waals surface area contributed by atoms with Gasteiger partial charge in [-0.05, 0) is 25.2 Å². The van der Waals surface area contributed by atoms with Crippen LogP contribution in [0.15, 0.2) is 6.20 Å². The van der Waals surface area contributed by atoms with E-state index in [2.05, 4.69) is 10.4 Å². The van der Waals surface area contributed by atoms with E-state index >= 15 is 0 Å². The summed E-state index contributed by atoms with van der Waals surface area (Å²) in [5.41, 5.74) is 1.41. The Morgan fingerprint density at radius 2 is 2.46 bits per heavy atom. The molecular formula is C10H15N3. The molecule has 1 aliphatic carbocycles. The van der Waals surface area contributed by atoms with Crippen molar-refractivity contribution in [1.82, 2.24) is 9.78 Å². The molecule has 1 N–H and O–H groups in total. The highest BCUT2D eigenvalue weighted by Crippen LogP contribution is 2.37. The first-order chi connectivity index (χ1) is 6.34. The van der Waals surface area contributed by atoms with Crippen molar-refractivity contribution < 1.29 is 0 Å². The topological polar surface area (TPSA) is 29.9 Å². The van der Waals surface area contributed by atoms with E-state index in [0.29, 0.717) is 0 Å². The third-order valence-corrected chi connectivity index (χ3v) is 3.48. The van der Waals surface area contributed by atoms with Gasteiger partial charge in [0.1, 0.15) is 5.82 Å². The second kappa shape index (κ2) is 2.50. The smallest absolute Gasteiger partial charge is 0.127 e. The Bertz CT molecular complexity index is 329. The molecule has 1 aliphatic heterocycles. The van der Waals surface area contributed by atoms with Crippen LogP contribution in [0, 0.1) is 5.92 Å². The fourth-order valence-electron chi connectivity index (χ4n) is 2.75. The van der Waals surface area contributed by atoms with E-state index in [1.807, 2.05) is 17.9 Å². The van der Waals surface area contributed by atoms with Gasteiger partial charge < -0.3 is 5.32 Å². The van der Waals surface area contributed by atoms with Gasteiger partial charge in [-0.15, -0.1) is 0 Å². The zero-order valence-corrected chi connectivity index (χ0v) is 7.95. The van der Waals surface area contributed by atoms with E-state index in [1.165, 1.54) is 37.1 Å². The minimum Gasteiger partial charge on any atom is -0.367 e. The van der Waals surface area contributed by atoms with Crippen LogP contribution in [0.3, 0.4) is 0 Å². The van der Waals surface area contributed by atoms with Gasteiger partial charge in [0.2, 0.25) is 0 Å². The second-order valence-corrected chi connectivity index (χ2v) is 4.29. The summed E-state index contributed by atoms with van der Waals surface area (Å²) in [5.74, 6) is 2.12. The molecule has 0 aromatic carbocycles. The van der Waals surface area contributed by atoms with Crippen molar-refractivity contribution in [1.29, 1.82) is 0 Å². The van der Waals surface area contributed by atoms with Crippen LogP contribution in [0.2, 0.25) is 0 Å². The minimum absolute atomic E-state index is 0.725. The van der Waals surface area contributed by atoms with Crippen LogP contribution in [0.4, 0.5) is 5.82 Å². The first kappa shape index (κ1) is 7.42. The van der Waals surface area contributed by atoms with Crippen LogP contribution in [-0.2, 0) is 13.5 Å². The molecule has 1 aromatic rings. The summed E-state index contributed by atoms with van der Waals surface area (Å²) in [5, 5.41) is 7.89. The highest BCUT2D eigenvalue weighted by molar-refractivity contribution is 5.48. The molecule has 0 spiro atoms. The maximum absolute atomic E-state index is 4.28. The highest BCUT2D eigenvalue weighted by atomic mass is 15.3. The summed E-state index contributed by atoms with van der Waals surface area (Å²) in [7, 11) is 2.01. The molecule has 2 heterocycles. The lowest BCUT2D eigenvalue weighted by molar-refractivity contribution is 0.483. The Labute approximate surface area is 78.1 Å². The lowest BCUT2D eigenvalue weighted by atomic mass is 9.92. The van der Waals surface area contributed by atoms with Gasteiger partial charge in [0.25, 0.3) is 0 Å². The maximum atomic E-state index is 4.28. The number of fused-ring (bicyclic) bond motifs is 2. The highest BCUT2D eigenvalue weighted by Gasteiger charge is 2.33. The van der Waals surface area contributed by atoms with Gasteiger partial charge in [0.05, 0.1) is 6.20 Å². The summed E-state index contributed by atoms with van der Waals surface area (Å²) >= 11 is 0. The van der Waals surface area contributed by atoms with Crippen molar-refractivity contribution in [2.45, 2.75) is 31.7 Å². The van der Waals surface area contributed by atoms with Crippen molar-refractivity contribution in [3.05, 3.63) is 11.8 Å². The van der Waals surface area contributed by atoms with E-state index in [-0.39, 0.29) is 0 Å². The minimum atomic E-state index is 0.725. The van der Waals surface area contributed by atoms with Gasteiger partial charge in [-0.2, -0.15) is 5.10 Å². The van der Waals surface area contributed by atoms with Crippen molar-refractivity contribution in [2.24, 2.45) is 13.0 Å². The molecule has 0 saturated heterocycles. The quantitative estimate of drug-likeness (QED) is 0.651. The summed E-state index contributed by atoms with van der Waals surface area (Å²) in [4.78, 5) is 0. The van der Waals surface area contributed by atoms with Crippen molar-refractivity contribution in [3.8, 4) is 0 Å². The van der Waals surface area contributed by atoms with Crippen molar-refractivity contribution in [3.63, 3.8) is 0 Å². The standard InChI is InChI=1S/C10H15N3/c1-13-10-8(6-11-13)5-7-3-2-4-9(7)12-10/h6-7,9,12H,2-5H2,1H3. The zero-order chi connectivity index (χ0) is 8.84. The number of hydrogen-bond acceptors (Lipinski definition) is 2. The summed E-state index contributed by atoms with van der Waals surface area (Å²) in [6, 6.07) is 0.725. The molecule has 3 rings (SSSR count). The van der Waals surface area contributed by atoms with E-state index in [0.717, 1.165) is 12.0 Å². The maximum Gasteiger partial charge on any atom is 0.127 e. The predicted molar refractivity (Wildman–Crippen MR) is 51.7 cm³/mol.